The Kier molecular flexibility index (Phi) is 4.07. The van der Waals surface area contributed by atoms with Crippen LogP contribution in [0, 0.1) is 11.7 Å². The Morgan fingerprint density at radius 3 is 2.83 bits per heavy atom. The van der Waals surface area contributed by atoms with Crippen molar-refractivity contribution in [3.8, 4) is 0 Å². The molecule has 1 saturated carbocycles. The second kappa shape index (κ2) is 5.57. The maximum atomic E-state index is 13.2. The Morgan fingerprint density at radius 2 is 2.17 bits per heavy atom. The van der Waals surface area contributed by atoms with Crippen molar-refractivity contribution in [2.45, 2.75) is 31.7 Å². The average molecular weight is 272 g/mol. The molecule has 5 heteroatoms. The molecule has 2 rings (SSSR count). The first-order valence-corrected chi connectivity index (χ1v) is 6.38. The van der Waals surface area contributed by atoms with Crippen molar-refractivity contribution in [1.82, 2.24) is 0 Å². The van der Waals surface area contributed by atoms with E-state index in [2.05, 4.69) is 5.32 Å². The van der Waals surface area contributed by atoms with Crippen LogP contribution in [0.25, 0.3) is 0 Å². The highest BCUT2D eigenvalue weighted by atomic mass is 35.5. The van der Waals surface area contributed by atoms with Crippen LogP contribution >= 0.6 is 11.6 Å². The van der Waals surface area contributed by atoms with Crippen molar-refractivity contribution in [2.75, 3.05) is 5.32 Å². The Bertz CT molecular complexity index is 432. The van der Waals surface area contributed by atoms with Crippen molar-refractivity contribution in [3.63, 3.8) is 0 Å². The molecule has 0 heterocycles. The molecule has 2 N–H and O–H groups in total. The fourth-order valence-corrected chi connectivity index (χ4v) is 2.64. The van der Waals surface area contributed by atoms with Crippen LogP contribution in [0.2, 0.25) is 5.02 Å². The van der Waals surface area contributed by atoms with E-state index in [9.17, 15) is 9.18 Å². The number of benzene rings is 1. The maximum Gasteiger partial charge on any atom is 0.306 e. The van der Waals surface area contributed by atoms with Crippen molar-refractivity contribution in [1.29, 1.82) is 0 Å². The third kappa shape index (κ3) is 3.35. The summed E-state index contributed by atoms with van der Waals surface area (Å²) in [7, 11) is 0. The van der Waals surface area contributed by atoms with E-state index in [1.54, 1.807) is 6.07 Å². The van der Waals surface area contributed by atoms with Crippen molar-refractivity contribution < 1.29 is 14.3 Å². The molecule has 0 radical (unpaired) electrons. The molecule has 0 amide bonds. The van der Waals surface area contributed by atoms with Gasteiger partial charge in [0.15, 0.2) is 0 Å². The van der Waals surface area contributed by atoms with Crippen LogP contribution in [0.1, 0.15) is 25.7 Å². The fourth-order valence-electron chi connectivity index (χ4n) is 2.42. The number of nitrogens with one attached hydrogen (secondary N) is 1. The van der Waals surface area contributed by atoms with E-state index < -0.39 is 11.8 Å². The minimum Gasteiger partial charge on any atom is -0.481 e. The minimum absolute atomic E-state index is 0.0673. The molecule has 0 aromatic heterocycles. The Labute approximate surface area is 110 Å². The highest BCUT2D eigenvalue weighted by Crippen LogP contribution is 2.28. The van der Waals surface area contributed by atoms with Gasteiger partial charge in [0.05, 0.1) is 5.92 Å². The largest absolute Gasteiger partial charge is 0.481 e. The van der Waals surface area contributed by atoms with Gasteiger partial charge in [-0.25, -0.2) is 4.39 Å². The summed E-state index contributed by atoms with van der Waals surface area (Å²) in [4.78, 5) is 11.0. The van der Waals surface area contributed by atoms with Crippen LogP contribution in [0.5, 0.6) is 0 Å². The third-order valence-electron chi connectivity index (χ3n) is 3.26. The number of carbonyl (C=O) groups is 1. The van der Waals surface area contributed by atoms with Gasteiger partial charge in [0.25, 0.3) is 0 Å². The predicted octanol–water partition coefficient (Wildman–Crippen LogP) is 3.53. The molecule has 0 saturated heterocycles. The summed E-state index contributed by atoms with van der Waals surface area (Å²) >= 11 is 5.77. The van der Waals surface area contributed by atoms with E-state index in [1.165, 1.54) is 12.1 Å². The molecule has 3 nitrogen and oxygen atoms in total. The summed E-state index contributed by atoms with van der Waals surface area (Å²) in [5.74, 6) is -1.45. The topological polar surface area (TPSA) is 49.3 Å². The molecule has 98 valence electrons. The van der Waals surface area contributed by atoms with E-state index >= 15 is 0 Å². The fraction of sp³-hybridized carbons (Fsp3) is 0.462. The van der Waals surface area contributed by atoms with E-state index in [-0.39, 0.29) is 12.0 Å². The summed E-state index contributed by atoms with van der Waals surface area (Å²) in [6.07, 6.45) is 3.07. The number of carboxylic acids is 1. The lowest BCUT2D eigenvalue weighted by Crippen LogP contribution is -2.30. The van der Waals surface area contributed by atoms with Crippen LogP contribution in [0.3, 0.4) is 0 Å². The van der Waals surface area contributed by atoms with Crippen LogP contribution in [-0.2, 0) is 4.79 Å². The lowest BCUT2D eigenvalue weighted by Gasteiger charge is -2.28. The first-order valence-electron chi connectivity index (χ1n) is 6.00. The number of halogens is 2. The zero-order valence-corrected chi connectivity index (χ0v) is 10.6. The Morgan fingerprint density at radius 1 is 1.39 bits per heavy atom. The molecular formula is C13H15ClFNO2. The molecule has 2 atom stereocenters. The van der Waals surface area contributed by atoms with Gasteiger partial charge in [-0.3, -0.25) is 4.79 Å². The summed E-state index contributed by atoms with van der Waals surface area (Å²) in [5.41, 5.74) is 0.607. The SMILES string of the molecule is O=C(O)C1CCCC(Nc2cc(F)cc(Cl)c2)C1. The molecule has 1 aromatic carbocycles. The van der Waals surface area contributed by atoms with Crippen LogP contribution in [-0.4, -0.2) is 17.1 Å². The first kappa shape index (κ1) is 13.1. The molecule has 0 bridgehead atoms. The molecule has 0 aliphatic heterocycles. The zero-order chi connectivity index (χ0) is 13.1. The highest BCUT2D eigenvalue weighted by Gasteiger charge is 2.26. The summed E-state index contributed by atoms with van der Waals surface area (Å²) < 4.78 is 13.2. The van der Waals surface area contributed by atoms with Crippen molar-refractivity contribution in [3.05, 3.63) is 29.0 Å². The quantitative estimate of drug-likeness (QED) is 0.884. The van der Waals surface area contributed by atoms with Gasteiger partial charge in [-0.1, -0.05) is 18.0 Å². The van der Waals surface area contributed by atoms with E-state index in [0.29, 0.717) is 17.1 Å². The standard InChI is InChI=1S/C13H15ClFNO2/c14-9-5-10(15)7-12(6-9)16-11-3-1-2-8(4-11)13(17)18/h5-8,11,16H,1-4H2,(H,17,18). The second-order valence-corrected chi connectivity index (χ2v) is 5.14. The lowest BCUT2D eigenvalue weighted by atomic mass is 9.85. The van der Waals surface area contributed by atoms with Gasteiger partial charge in [0.2, 0.25) is 0 Å². The normalized spacial score (nSPS) is 23.7. The molecule has 18 heavy (non-hydrogen) atoms. The van der Waals surface area contributed by atoms with Gasteiger partial charge in [0, 0.05) is 16.8 Å². The van der Waals surface area contributed by atoms with Gasteiger partial charge in [0.1, 0.15) is 5.82 Å². The van der Waals surface area contributed by atoms with Crippen LogP contribution in [0.15, 0.2) is 18.2 Å². The number of anilines is 1. The van der Waals surface area contributed by atoms with Gasteiger partial charge in [-0.2, -0.15) is 0 Å². The predicted molar refractivity (Wildman–Crippen MR) is 68.4 cm³/mol. The van der Waals surface area contributed by atoms with Gasteiger partial charge in [-0.05, 0) is 37.5 Å². The summed E-state index contributed by atoms with van der Waals surface area (Å²) in [6, 6.07) is 4.33. The first-order chi connectivity index (χ1) is 8.54. The Hall–Kier alpha value is -1.29. The van der Waals surface area contributed by atoms with Gasteiger partial charge in [-0.15, -0.1) is 0 Å². The molecule has 1 aliphatic rings. The average Bonchev–Trinajstić information content (AvgIpc) is 2.27. The number of rotatable bonds is 3. The number of hydrogen-bond acceptors (Lipinski definition) is 2. The minimum atomic E-state index is -0.751. The molecule has 1 aliphatic carbocycles. The summed E-state index contributed by atoms with van der Waals surface area (Å²) in [5, 5.41) is 12.5. The van der Waals surface area contributed by atoms with Crippen LogP contribution in [0.4, 0.5) is 10.1 Å². The smallest absolute Gasteiger partial charge is 0.306 e. The molecule has 2 unspecified atom stereocenters. The molecule has 0 spiro atoms. The molecule has 1 fully saturated rings. The molecule has 1 aromatic rings. The van der Waals surface area contributed by atoms with Crippen molar-refractivity contribution in [2.24, 2.45) is 5.92 Å². The van der Waals surface area contributed by atoms with E-state index in [0.717, 1.165) is 19.3 Å². The monoisotopic (exact) mass is 271 g/mol. The van der Waals surface area contributed by atoms with Crippen LogP contribution < -0.4 is 5.32 Å². The number of aliphatic carboxylic acids is 1. The maximum absolute atomic E-state index is 13.2. The van der Waals surface area contributed by atoms with E-state index in [4.69, 9.17) is 16.7 Å². The van der Waals surface area contributed by atoms with Gasteiger partial charge < -0.3 is 10.4 Å². The third-order valence-corrected chi connectivity index (χ3v) is 3.48. The number of hydrogen-bond donors (Lipinski definition) is 2. The number of carboxylic acid groups (broad SMARTS) is 1. The summed E-state index contributed by atoms with van der Waals surface area (Å²) in [6.45, 7) is 0. The highest BCUT2D eigenvalue weighted by molar-refractivity contribution is 6.30. The molecular weight excluding hydrogens is 257 g/mol. The lowest BCUT2D eigenvalue weighted by molar-refractivity contribution is -0.142. The van der Waals surface area contributed by atoms with Crippen molar-refractivity contribution >= 4 is 23.3 Å². The van der Waals surface area contributed by atoms with E-state index in [1.807, 2.05) is 0 Å². The Balaban J connectivity index is 2.02. The second-order valence-electron chi connectivity index (χ2n) is 4.70. The van der Waals surface area contributed by atoms with Gasteiger partial charge >= 0.3 is 5.97 Å². The zero-order valence-electron chi connectivity index (χ0n) is 9.83.